The summed E-state index contributed by atoms with van der Waals surface area (Å²) >= 11 is 1.75. The molecule has 0 bridgehead atoms. The van der Waals surface area contributed by atoms with Gasteiger partial charge in [0.2, 0.25) is 0 Å². The molecule has 0 aromatic carbocycles. The van der Waals surface area contributed by atoms with Crippen LogP contribution in [0.1, 0.15) is 35.7 Å². The Bertz CT molecular complexity index is 580. The highest BCUT2D eigenvalue weighted by Gasteiger charge is 2.30. The van der Waals surface area contributed by atoms with Crippen LogP contribution in [0.15, 0.2) is 17.8 Å². The Morgan fingerprint density at radius 1 is 1.52 bits per heavy atom. The van der Waals surface area contributed by atoms with Crippen molar-refractivity contribution in [3.63, 3.8) is 0 Å². The summed E-state index contributed by atoms with van der Waals surface area (Å²) in [5.41, 5.74) is 2.33. The SMILES string of the molecule is CCc1nc(CNCC2CCOC2c2cnn(C)c2)cs1. The largest absolute Gasteiger partial charge is 0.373 e. The Labute approximate surface area is 129 Å². The van der Waals surface area contributed by atoms with Crippen molar-refractivity contribution in [3.8, 4) is 0 Å². The van der Waals surface area contributed by atoms with Crippen LogP contribution < -0.4 is 5.32 Å². The maximum absolute atomic E-state index is 5.88. The van der Waals surface area contributed by atoms with Crippen LogP contribution in [-0.2, 0) is 24.8 Å². The summed E-state index contributed by atoms with van der Waals surface area (Å²) in [5, 5.41) is 11.1. The van der Waals surface area contributed by atoms with E-state index in [0.29, 0.717) is 5.92 Å². The number of thiazole rings is 1. The highest BCUT2D eigenvalue weighted by Crippen LogP contribution is 2.33. The van der Waals surface area contributed by atoms with Gasteiger partial charge in [-0.15, -0.1) is 11.3 Å². The van der Waals surface area contributed by atoms with E-state index in [4.69, 9.17) is 4.74 Å². The summed E-state index contributed by atoms with van der Waals surface area (Å²) < 4.78 is 7.72. The minimum absolute atomic E-state index is 0.174. The molecule has 1 saturated heterocycles. The summed E-state index contributed by atoms with van der Waals surface area (Å²) in [4.78, 5) is 4.58. The van der Waals surface area contributed by atoms with Crippen molar-refractivity contribution in [2.45, 2.75) is 32.4 Å². The van der Waals surface area contributed by atoms with Gasteiger partial charge in [-0.2, -0.15) is 5.10 Å². The highest BCUT2D eigenvalue weighted by atomic mass is 32.1. The molecule has 1 aliphatic rings. The van der Waals surface area contributed by atoms with Crippen LogP contribution in [-0.4, -0.2) is 27.9 Å². The topological polar surface area (TPSA) is 52.0 Å². The maximum atomic E-state index is 5.88. The third kappa shape index (κ3) is 3.51. The average molecular weight is 306 g/mol. The van der Waals surface area contributed by atoms with E-state index in [9.17, 15) is 0 Å². The summed E-state index contributed by atoms with van der Waals surface area (Å²) in [6, 6.07) is 0. The fourth-order valence-corrected chi connectivity index (χ4v) is 3.52. The van der Waals surface area contributed by atoms with Gasteiger partial charge < -0.3 is 10.1 Å². The molecule has 0 aliphatic carbocycles. The van der Waals surface area contributed by atoms with Crippen LogP contribution in [0.5, 0.6) is 0 Å². The summed E-state index contributed by atoms with van der Waals surface area (Å²) in [5.74, 6) is 0.512. The lowest BCUT2D eigenvalue weighted by Gasteiger charge is -2.17. The number of hydrogen-bond donors (Lipinski definition) is 1. The van der Waals surface area contributed by atoms with Crippen LogP contribution in [0.25, 0.3) is 0 Å². The van der Waals surface area contributed by atoms with Gasteiger partial charge in [-0.05, 0) is 12.8 Å². The molecule has 3 rings (SSSR count). The van der Waals surface area contributed by atoms with Gasteiger partial charge in [0.15, 0.2) is 0 Å². The molecule has 1 fully saturated rings. The second-order valence-corrected chi connectivity index (χ2v) is 6.45. The van der Waals surface area contributed by atoms with Gasteiger partial charge in [0.1, 0.15) is 0 Å². The molecule has 0 spiro atoms. The normalized spacial score (nSPS) is 22.0. The quantitative estimate of drug-likeness (QED) is 0.890. The predicted molar refractivity (Wildman–Crippen MR) is 83.2 cm³/mol. The molecular formula is C15H22N4OS. The molecule has 0 radical (unpaired) electrons. The first-order valence-corrected chi connectivity index (χ1v) is 8.38. The van der Waals surface area contributed by atoms with Crippen molar-refractivity contribution >= 4 is 11.3 Å². The Morgan fingerprint density at radius 2 is 2.43 bits per heavy atom. The molecule has 6 heteroatoms. The minimum Gasteiger partial charge on any atom is -0.373 e. The number of ether oxygens (including phenoxy) is 1. The summed E-state index contributed by atoms with van der Waals surface area (Å²) in [6.45, 7) is 4.78. The van der Waals surface area contributed by atoms with Gasteiger partial charge in [-0.3, -0.25) is 4.68 Å². The highest BCUT2D eigenvalue weighted by molar-refractivity contribution is 7.09. The van der Waals surface area contributed by atoms with E-state index in [1.165, 1.54) is 10.6 Å². The lowest BCUT2D eigenvalue weighted by atomic mass is 9.97. The molecule has 3 heterocycles. The third-order valence-corrected chi connectivity index (χ3v) is 4.92. The molecule has 0 amide bonds. The van der Waals surface area contributed by atoms with Crippen LogP contribution in [0.2, 0.25) is 0 Å². The van der Waals surface area contributed by atoms with Crippen molar-refractivity contribution in [1.82, 2.24) is 20.1 Å². The van der Waals surface area contributed by atoms with Gasteiger partial charge in [-0.25, -0.2) is 4.98 Å². The standard InChI is InChI=1S/C15H22N4OS/c1-3-14-18-13(10-21-14)8-16-6-11-4-5-20-15(11)12-7-17-19(2)9-12/h7,9-11,15-16H,3-6,8H2,1-2H3. The van der Waals surface area contributed by atoms with Gasteiger partial charge in [-0.1, -0.05) is 6.92 Å². The van der Waals surface area contributed by atoms with Crippen molar-refractivity contribution < 1.29 is 4.74 Å². The van der Waals surface area contributed by atoms with E-state index >= 15 is 0 Å². The molecule has 5 nitrogen and oxygen atoms in total. The molecule has 114 valence electrons. The lowest BCUT2D eigenvalue weighted by Crippen LogP contribution is -2.24. The van der Waals surface area contributed by atoms with Crippen LogP contribution in [0.3, 0.4) is 0 Å². The molecule has 2 atom stereocenters. The second kappa shape index (κ2) is 6.68. The van der Waals surface area contributed by atoms with Crippen molar-refractivity contribution in [2.24, 2.45) is 13.0 Å². The first-order valence-electron chi connectivity index (χ1n) is 7.50. The van der Waals surface area contributed by atoms with E-state index < -0.39 is 0 Å². The zero-order valence-corrected chi connectivity index (χ0v) is 13.4. The van der Waals surface area contributed by atoms with E-state index in [-0.39, 0.29) is 6.10 Å². The Morgan fingerprint density at radius 3 is 3.14 bits per heavy atom. The number of nitrogens with zero attached hydrogens (tertiary/aromatic N) is 3. The Kier molecular flexibility index (Phi) is 4.67. The molecule has 0 saturated carbocycles. The summed E-state index contributed by atoms with van der Waals surface area (Å²) in [6.07, 6.45) is 6.26. The van der Waals surface area contributed by atoms with Crippen molar-refractivity contribution in [1.29, 1.82) is 0 Å². The monoisotopic (exact) mass is 306 g/mol. The molecule has 2 aromatic heterocycles. The number of aromatic nitrogens is 3. The first-order chi connectivity index (χ1) is 10.3. The molecule has 1 aliphatic heterocycles. The van der Waals surface area contributed by atoms with Crippen molar-refractivity contribution in [2.75, 3.05) is 13.2 Å². The molecule has 2 unspecified atom stereocenters. The maximum Gasteiger partial charge on any atom is 0.0926 e. The molecular weight excluding hydrogens is 284 g/mol. The zero-order chi connectivity index (χ0) is 14.7. The fourth-order valence-electron chi connectivity index (χ4n) is 2.78. The van der Waals surface area contributed by atoms with E-state index in [2.05, 4.69) is 33.9 Å². The predicted octanol–water partition coefficient (Wildman–Crippen LogP) is 2.31. The smallest absolute Gasteiger partial charge is 0.0926 e. The van der Waals surface area contributed by atoms with Gasteiger partial charge in [0, 0.05) is 49.8 Å². The second-order valence-electron chi connectivity index (χ2n) is 5.50. The van der Waals surface area contributed by atoms with Gasteiger partial charge >= 0.3 is 0 Å². The number of aryl methyl sites for hydroxylation is 2. The third-order valence-electron chi connectivity index (χ3n) is 3.88. The lowest BCUT2D eigenvalue weighted by molar-refractivity contribution is 0.0904. The Hall–Kier alpha value is -1.24. The van der Waals surface area contributed by atoms with Gasteiger partial charge in [0.25, 0.3) is 0 Å². The van der Waals surface area contributed by atoms with E-state index in [0.717, 1.165) is 38.2 Å². The number of hydrogen-bond acceptors (Lipinski definition) is 5. The van der Waals surface area contributed by atoms with Crippen LogP contribution in [0, 0.1) is 5.92 Å². The molecule has 21 heavy (non-hydrogen) atoms. The Balaban J connectivity index is 1.52. The van der Waals surface area contributed by atoms with Crippen molar-refractivity contribution in [3.05, 3.63) is 34.0 Å². The molecule has 2 aromatic rings. The van der Waals surface area contributed by atoms with Crippen LogP contribution >= 0.6 is 11.3 Å². The van der Waals surface area contributed by atoms with Crippen LogP contribution in [0.4, 0.5) is 0 Å². The van der Waals surface area contributed by atoms with E-state index in [1.54, 1.807) is 11.3 Å². The number of nitrogens with one attached hydrogen (secondary N) is 1. The number of rotatable bonds is 6. The summed E-state index contributed by atoms with van der Waals surface area (Å²) in [7, 11) is 1.94. The van der Waals surface area contributed by atoms with E-state index in [1.807, 2.05) is 17.9 Å². The van der Waals surface area contributed by atoms with Gasteiger partial charge in [0.05, 0.1) is 23.0 Å². The first kappa shape index (κ1) is 14.7. The zero-order valence-electron chi connectivity index (χ0n) is 12.6. The average Bonchev–Trinajstić information content (AvgIpc) is 3.19. The minimum atomic E-state index is 0.174. The fraction of sp³-hybridized carbons (Fsp3) is 0.600. The molecule has 1 N–H and O–H groups in total.